The Balaban J connectivity index is 1.68. The minimum Gasteiger partial charge on any atom is -0.369 e. The zero-order valence-electron chi connectivity index (χ0n) is 21.1. The number of hydrogen-bond acceptors (Lipinski definition) is 7. The minimum atomic E-state index is -0.352. The van der Waals surface area contributed by atoms with Gasteiger partial charge in [-0.3, -0.25) is 0 Å². The second-order valence-corrected chi connectivity index (χ2v) is 10.3. The fourth-order valence-electron chi connectivity index (χ4n) is 4.61. The topological polar surface area (TPSA) is 68.1 Å². The van der Waals surface area contributed by atoms with Gasteiger partial charge in [0, 0.05) is 55.1 Å². The van der Waals surface area contributed by atoms with Crippen LogP contribution in [-0.2, 0) is 0 Å². The molecule has 4 aromatic rings. The van der Waals surface area contributed by atoms with E-state index in [1.165, 1.54) is 23.5 Å². The number of fused-ring (bicyclic) bond motifs is 1. The van der Waals surface area contributed by atoms with E-state index in [1.54, 1.807) is 18.2 Å². The van der Waals surface area contributed by atoms with Gasteiger partial charge in [0.15, 0.2) is 10.9 Å². The quantitative estimate of drug-likeness (QED) is 0.328. The van der Waals surface area contributed by atoms with Gasteiger partial charge < -0.3 is 15.1 Å². The third-order valence-electron chi connectivity index (χ3n) is 6.60. The predicted molar refractivity (Wildman–Crippen MR) is 146 cm³/mol. The number of nitriles is 1. The number of thiazole rings is 1. The van der Waals surface area contributed by atoms with E-state index in [-0.39, 0.29) is 17.6 Å². The maximum atomic E-state index is 15.6. The van der Waals surface area contributed by atoms with E-state index in [2.05, 4.69) is 21.3 Å². The molecule has 0 unspecified atom stereocenters. The van der Waals surface area contributed by atoms with Crippen molar-refractivity contribution in [3.05, 3.63) is 64.7 Å². The van der Waals surface area contributed by atoms with Gasteiger partial charge in [-0.2, -0.15) is 5.26 Å². The van der Waals surface area contributed by atoms with Crippen molar-refractivity contribution in [1.29, 1.82) is 5.26 Å². The first-order chi connectivity index (χ1) is 17.9. The SMILES string of the molecule is CCN(c1nc(-c2ccc(F)cc2)c(C#N)s1)c1cc(C(C)C)nc2c(F)cc(N3CCNCC3)cc12. The summed E-state index contributed by atoms with van der Waals surface area (Å²) in [4.78, 5) is 14.1. The van der Waals surface area contributed by atoms with Gasteiger partial charge in [-0.1, -0.05) is 25.2 Å². The van der Waals surface area contributed by atoms with Crippen molar-refractivity contribution in [1.82, 2.24) is 15.3 Å². The van der Waals surface area contributed by atoms with E-state index in [4.69, 9.17) is 4.98 Å². The lowest BCUT2D eigenvalue weighted by Gasteiger charge is -2.30. The minimum absolute atomic E-state index is 0.0924. The fraction of sp³-hybridized carbons (Fsp3) is 0.321. The fourth-order valence-corrected chi connectivity index (χ4v) is 5.57. The smallest absolute Gasteiger partial charge is 0.191 e. The summed E-state index contributed by atoms with van der Waals surface area (Å²) in [6, 6.07) is 13.8. The van der Waals surface area contributed by atoms with Crippen molar-refractivity contribution < 1.29 is 8.78 Å². The molecule has 6 nitrogen and oxygen atoms in total. The number of anilines is 3. The summed E-state index contributed by atoms with van der Waals surface area (Å²) in [7, 11) is 0. The Labute approximate surface area is 219 Å². The first-order valence-corrected chi connectivity index (χ1v) is 13.3. The molecular weight excluding hydrogens is 490 g/mol. The molecule has 37 heavy (non-hydrogen) atoms. The van der Waals surface area contributed by atoms with Gasteiger partial charge in [-0.15, -0.1) is 0 Å². The first-order valence-electron chi connectivity index (χ1n) is 12.4. The average Bonchev–Trinajstić information content (AvgIpc) is 3.34. The first kappa shape index (κ1) is 25.1. The van der Waals surface area contributed by atoms with E-state index in [9.17, 15) is 9.65 Å². The summed E-state index contributed by atoms with van der Waals surface area (Å²) in [5, 5.41) is 14.5. The number of rotatable bonds is 6. The number of nitrogens with one attached hydrogen (secondary N) is 1. The molecule has 0 atom stereocenters. The maximum Gasteiger partial charge on any atom is 0.191 e. The van der Waals surface area contributed by atoms with Crippen LogP contribution in [0.4, 0.5) is 25.3 Å². The van der Waals surface area contributed by atoms with Crippen molar-refractivity contribution in [2.24, 2.45) is 0 Å². The van der Waals surface area contributed by atoms with Crippen LogP contribution in [0.5, 0.6) is 0 Å². The Morgan fingerprint density at radius 2 is 1.84 bits per heavy atom. The molecular formula is C28H28F2N6S. The standard InChI is InChI=1S/C28H28F2N6S/c1-4-36(28-34-26(25(16-31)37-28)18-5-7-19(29)8-6-18)24-15-23(17(2)3)33-27-21(24)13-20(14-22(27)30)35-11-9-32-10-12-35/h5-8,13-15,17,32H,4,9-12H2,1-3H3. The molecule has 0 aliphatic carbocycles. The third-order valence-corrected chi connectivity index (χ3v) is 7.58. The summed E-state index contributed by atoms with van der Waals surface area (Å²) in [5.41, 5.74) is 3.92. The largest absolute Gasteiger partial charge is 0.369 e. The molecule has 1 fully saturated rings. The highest BCUT2D eigenvalue weighted by Crippen LogP contribution is 2.40. The Hall–Kier alpha value is -3.61. The second kappa shape index (κ2) is 10.4. The summed E-state index contributed by atoms with van der Waals surface area (Å²) < 4.78 is 29.1. The Bertz CT molecular complexity index is 1470. The zero-order valence-corrected chi connectivity index (χ0v) is 21.9. The Morgan fingerprint density at radius 1 is 1.11 bits per heavy atom. The van der Waals surface area contributed by atoms with Crippen LogP contribution in [0.25, 0.3) is 22.2 Å². The van der Waals surface area contributed by atoms with Crippen LogP contribution in [0.2, 0.25) is 0 Å². The summed E-state index contributed by atoms with van der Waals surface area (Å²) in [6.07, 6.45) is 0. The highest BCUT2D eigenvalue weighted by atomic mass is 32.1. The van der Waals surface area contributed by atoms with E-state index in [1.807, 2.05) is 37.8 Å². The van der Waals surface area contributed by atoms with E-state index in [0.29, 0.717) is 38.7 Å². The zero-order chi connectivity index (χ0) is 26.1. The number of aromatic nitrogens is 2. The average molecular weight is 519 g/mol. The van der Waals surface area contributed by atoms with Gasteiger partial charge in [-0.05, 0) is 55.3 Å². The molecule has 0 bridgehead atoms. The number of hydrogen-bond donors (Lipinski definition) is 1. The summed E-state index contributed by atoms with van der Waals surface area (Å²) >= 11 is 1.27. The molecule has 0 radical (unpaired) electrons. The summed E-state index contributed by atoms with van der Waals surface area (Å²) in [5.74, 6) is -0.607. The molecule has 1 aliphatic heterocycles. The van der Waals surface area contributed by atoms with Gasteiger partial charge in [0.2, 0.25) is 0 Å². The van der Waals surface area contributed by atoms with Crippen LogP contribution in [0.1, 0.15) is 37.3 Å². The van der Waals surface area contributed by atoms with Crippen molar-refractivity contribution in [3.63, 3.8) is 0 Å². The van der Waals surface area contributed by atoms with Gasteiger partial charge in [0.05, 0.1) is 5.69 Å². The van der Waals surface area contributed by atoms with Crippen LogP contribution in [0.3, 0.4) is 0 Å². The third kappa shape index (κ3) is 4.87. The molecule has 0 amide bonds. The van der Waals surface area contributed by atoms with Crippen LogP contribution in [-0.4, -0.2) is 42.7 Å². The Kier molecular flexibility index (Phi) is 7.04. The molecule has 9 heteroatoms. The van der Waals surface area contributed by atoms with Crippen molar-refractivity contribution >= 4 is 38.7 Å². The maximum absolute atomic E-state index is 15.6. The molecule has 5 rings (SSSR count). The van der Waals surface area contributed by atoms with E-state index < -0.39 is 0 Å². The molecule has 190 valence electrons. The number of nitrogens with zero attached hydrogens (tertiary/aromatic N) is 5. The predicted octanol–water partition coefficient (Wildman–Crippen LogP) is 6.20. The number of piperazine rings is 1. The highest BCUT2D eigenvalue weighted by Gasteiger charge is 2.23. The lowest BCUT2D eigenvalue weighted by atomic mass is 10.0. The van der Waals surface area contributed by atoms with Crippen LogP contribution < -0.4 is 15.1 Å². The van der Waals surface area contributed by atoms with E-state index in [0.717, 1.165) is 43.2 Å². The molecule has 2 aromatic carbocycles. The van der Waals surface area contributed by atoms with Crippen molar-refractivity contribution in [2.45, 2.75) is 26.7 Å². The highest BCUT2D eigenvalue weighted by molar-refractivity contribution is 7.16. The van der Waals surface area contributed by atoms with Gasteiger partial charge in [0.1, 0.15) is 28.0 Å². The molecule has 1 N–H and O–H groups in total. The van der Waals surface area contributed by atoms with Gasteiger partial charge in [-0.25, -0.2) is 18.7 Å². The van der Waals surface area contributed by atoms with Crippen LogP contribution >= 0.6 is 11.3 Å². The molecule has 1 aliphatic rings. The summed E-state index contributed by atoms with van der Waals surface area (Å²) in [6.45, 7) is 9.92. The molecule has 3 heterocycles. The number of halogens is 2. The lowest BCUT2D eigenvalue weighted by Crippen LogP contribution is -2.43. The van der Waals surface area contributed by atoms with Gasteiger partial charge in [0.25, 0.3) is 0 Å². The normalized spacial score (nSPS) is 13.8. The lowest BCUT2D eigenvalue weighted by molar-refractivity contribution is 0.586. The number of benzene rings is 2. The van der Waals surface area contributed by atoms with Crippen molar-refractivity contribution in [3.8, 4) is 17.3 Å². The molecule has 1 saturated heterocycles. The van der Waals surface area contributed by atoms with Crippen LogP contribution in [0, 0.1) is 23.0 Å². The Morgan fingerprint density at radius 3 is 2.49 bits per heavy atom. The second-order valence-electron chi connectivity index (χ2n) is 9.32. The molecule has 0 saturated carbocycles. The van der Waals surface area contributed by atoms with E-state index >= 15 is 4.39 Å². The molecule has 0 spiro atoms. The van der Waals surface area contributed by atoms with Crippen LogP contribution in [0.15, 0.2) is 42.5 Å². The molecule has 2 aromatic heterocycles. The monoisotopic (exact) mass is 518 g/mol. The number of pyridine rings is 1. The van der Waals surface area contributed by atoms with Crippen molar-refractivity contribution in [2.75, 3.05) is 42.5 Å². The van der Waals surface area contributed by atoms with Gasteiger partial charge >= 0.3 is 0 Å².